The van der Waals surface area contributed by atoms with Crippen LogP contribution >= 0.6 is 0 Å². The first-order chi connectivity index (χ1) is 15.3. The van der Waals surface area contributed by atoms with Crippen molar-refractivity contribution in [1.82, 2.24) is 0 Å². The van der Waals surface area contributed by atoms with E-state index in [9.17, 15) is 4.79 Å². The van der Waals surface area contributed by atoms with E-state index in [4.69, 9.17) is 23.7 Å². The Kier molecular flexibility index (Phi) is 8.37. The number of esters is 1. The summed E-state index contributed by atoms with van der Waals surface area (Å²) in [5, 5.41) is 0. The highest BCUT2D eigenvalue weighted by atomic mass is 16.7. The second kappa shape index (κ2) is 10.8. The van der Waals surface area contributed by atoms with Gasteiger partial charge < -0.3 is 23.7 Å². The van der Waals surface area contributed by atoms with Gasteiger partial charge in [0.05, 0.1) is 45.6 Å². The van der Waals surface area contributed by atoms with Gasteiger partial charge in [-0.05, 0) is 64.2 Å². The van der Waals surface area contributed by atoms with Crippen LogP contribution in [0.15, 0.2) is 35.9 Å². The topological polar surface area (TPSA) is 63.2 Å². The fraction of sp³-hybridized carbons (Fsp3) is 0.654. The highest BCUT2D eigenvalue weighted by Gasteiger charge is 2.61. The van der Waals surface area contributed by atoms with Crippen LogP contribution < -0.4 is 4.74 Å². The van der Waals surface area contributed by atoms with Gasteiger partial charge in [-0.15, -0.1) is 0 Å². The molecule has 0 radical (unpaired) electrons. The van der Waals surface area contributed by atoms with Crippen LogP contribution in [-0.4, -0.2) is 45.3 Å². The van der Waals surface area contributed by atoms with Crippen LogP contribution in [0.5, 0.6) is 5.75 Å². The SMILES string of the molecule is CCOC(=O)[C@@]1(C)CC[C@@H](C=C(C)C)[C@@H]1C1(CCOCc2ccc(OC)cc2)OCCO1. The van der Waals surface area contributed by atoms with Gasteiger partial charge in [-0.1, -0.05) is 23.8 Å². The number of methoxy groups -OCH3 is 1. The molecule has 32 heavy (non-hydrogen) atoms. The molecule has 6 nitrogen and oxygen atoms in total. The number of carbonyl (C=O) groups excluding carboxylic acids is 1. The van der Waals surface area contributed by atoms with Crippen LogP contribution in [0.2, 0.25) is 0 Å². The van der Waals surface area contributed by atoms with E-state index in [1.54, 1.807) is 7.11 Å². The van der Waals surface area contributed by atoms with Crippen LogP contribution in [0.3, 0.4) is 0 Å². The summed E-state index contributed by atoms with van der Waals surface area (Å²) in [5.41, 5.74) is 1.65. The molecule has 178 valence electrons. The Hall–Kier alpha value is -1.89. The molecule has 0 spiro atoms. The van der Waals surface area contributed by atoms with Crippen molar-refractivity contribution in [2.75, 3.05) is 33.5 Å². The highest BCUT2D eigenvalue weighted by Crippen LogP contribution is 2.56. The highest BCUT2D eigenvalue weighted by molar-refractivity contribution is 5.77. The van der Waals surface area contributed by atoms with Gasteiger partial charge in [-0.2, -0.15) is 0 Å². The molecular formula is C26H38O6. The fourth-order valence-corrected chi connectivity index (χ4v) is 5.28. The third kappa shape index (κ3) is 5.36. The standard InChI is InChI=1S/C26H38O6/c1-6-30-24(27)25(4)12-11-21(17-19(2)3)23(25)26(31-15-16-32-26)13-14-29-18-20-7-9-22(28-5)10-8-20/h7-10,17,21,23H,6,11-16,18H2,1-5H3/t21-,23-,25-/m0/s1. The van der Waals surface area contributed by atoms with Crippen LogP contribution in [-0.2, 0) is 30.3 Å². The summed E-state index contributed by atoms with van der Waals surface area (Å²) in [6.07, 6.45) is 4.49. The molecule has 6 heteroatoms. The van der Waals surface area contributed by atoms with Crippen LogP contribution in [0.1, 0.15) is 52.5 Å². The van der Waals surface area contributed by atoms with Crippen LogP contribution in [0.25, 0.3) is 0 Å². The van der Waals surface area contributed by atoms with E-state index in [0.29, 0.717) is 39.5 Å². The first-order valence-electron chi connectivity index (χ1n) is 11.7. The zero-order valence-corrected chi connectivity index (χ0v) is 20.1. The predicted octanol–water partition coefficient (Wildman–Crippen LogP) is 4.91. The maximum Gasteiger partial charge on any atom is 0.312 e. The molecule has 0 aromatic heterocycles. The first-order valence-corrected chi connectivity index (χ1v) is 11.7. The molecule has 0 amide bonds. The zero-order chi connectivity index (χ0) is 23.2. The van der Waals surface area contributed by atoms with Crippen molar-refractivity contribution in [3.63, 3.8) is 0 Å². The average molecular weight is 447 g/mol. The van der Waals surface area contributed by atoms with Crippen LogP contribution in [0, 0.1) is 17.3 Å². The van der Waals surface area contributed by atoms with Gasteiger partial charge in [-0.3, -0.25) is 4.79 Å². The number of ether oxygens (including phenoxy) is 5. The second-order valence-electron chi connectivity index (χ2n) is 9.22. The van der Waals surface area contributed by atoms with Crippen molar-refractivity contribution in [2.45, 2.75) is 59.4 Å². The Morgan fingerprint density at radius 3 is 2.47 bits per heavy atom. The summed E-state index contributed by atoms with van der Waals surface area (Å²) in [4.78, 5) is 13.1. The zero-order valence-electron chi connectivity index (χ0n) is 20.1. The summed E-state index contributed by atoms with van der Waals surface area (Å²) in [5.74, 6) is -0.128. The smallest absolute Gasteiger partial charge is 0.312 e. The molecule has 1 aliphatic carbocycles. The number of rotatable bonds is 10. The van der Waals surface area contributed by atoms with Gasteiger partial charge in [0.25, 0.3) is 0 Å². The number of hydrogen-bond donors (Lipinski definition) is 0. The van der Waals surface area contributed by atoms with E-state index >= 15 is 0 Å². The maximum absolute atomic E-state index is 13.1. The van der Waals surface area contributed by atoms with Crippen molar-refractivity contribution in [3.05, 3.63) is 41.5 Å². The fourth-order valence-electron chi connectivity index (χ4n) is 5.28. The minimum Gasteiger partial charge on any atom is -0.497 e. The lowest BCUT2D eigenvalue weighted by Crippen LogP contribution is -2.51. The molecule has 1 saturated carbocycles. The monoisotopic (exact) mass is 446 g/mol. The Balaban J connectivity index is 1.76. The van der Waals surface area contributed by atoms with Crippen molar-refractivity contribution in [1.29, 1.82) is 0 Å². The van der Waals surface area contributed by atoms with Crippen molar-refractivity contribution in [2.24, 2.45) is 17.3 Å². The maximum atomic E-state index is 13.1. The first kappa shape index (κ1) is 24.7. The van der Waals surface area contributed by atoms with Gasteiger partial charge in [0.1, 0.15) is 5.75 Å². The lowest BCUT2D eigenvalue weighted by molar-refractivity contribution is -0.235. The van der Waals surface area contributed by atoms with E-state index in [-0.39, 0.29) is 17.8 Å². The molecule has 3 rings (SSSR count). The van der Waals surface area contributed by atoms with Crippen molar-refractivity contribution in [3.8, 4) is 5.75 Å². The molecule has 0 unspecified atom stereocenters. The van der Waals surface area contributed by atoms with Crippen molar-refractivity contribution < 1.29 is 28.5 Å². The van der Waals surface area contributed by atoms with E-state index in [1.165, 1.54) is 5.57 Å². The summed E-state index contributed by atoms with van der Waals surface area (Å²) >= 11 is 0. The minimum atomic E-state index is -0.853. The molecule has 1 aromatic carbocycles. The Bertz CT molecular complexity index is 776. The quantitative estimate of drug-likeness (QED) is 0.289. The van der Waals surface area contributed by atoms with Crippen LogP contribution in [0.4, 0.5) is 0 Å². The van der Waals surface area contributed by atoms with E-state index in [0.717, 1.165) is 24.2 Å². The van der Waals surface area contributed by atoms with Crippen molar-refractivity contribution >= 4 is 5.97 Å². The molecule has 3 atom stereocenters. The number of benzene rings is 1. The molecule has 0 N–H and O–H groups in total. The molecule has 0 bridgehead atoms. The molecule has 1 aliphatic heterocycles. The summed E-state index contributed by atoms with van der Waals surface area (Å²) in [7, 11) is 1.65. The lowest BCUT2D eigenvalue weighted by atomic mass is 9.70. The normalized spacial score (nSPS) is 26.7. The van der Waals surface area contributed by atoms with Gasteiger partial charge in [0, 0.05) is 12.3 Å². The second-order valence-corrected chi connectivity index (χ2v) is 9.22. The minimum absolute atomic E-state index is 0.129. The van der Waals surface area contributed by atoms with E-state index in [2.05, 4.69) is 19.9 Å². The van der Waals surface area contributed by atoms with Gasteiger partial charge in [0.15, 0.2) is 5.79 Å². The molecule has 1 saturated heterocycles. The summed E-state index contributed by atoms with van der Waals surface area (Å²) in [6.45, 7) is 10.4. The average Bonchev–Trinajstić information content (AvgIpc) is 3.37. The molecular weight excluding hydrogens is 408 g/mol. The number of carbonyl (C=O) groups is 1. The Morgan fingerprint density at radius 1 is 1.19 bits per heavy atom. The Morgan fingerprint density at radius 2 is 1.88 bits per heavy atom. The van der Waals surface area contributed by atoms with Gasteiger partial charge in [0.2, 0.25) is 0 Å². The summed E-state index contributed by atoms with van der Waals surface area (Å²) < 4.78 is 29.3. The number of allylic oxidation sites excluding steroid dienone is 2. The van der Waals surface area contributed by atoms with E-state index in [1.807, 2.05) is 38.1 Å². The van der Waals surface area contributed by atoms with Gasteiger partial charge in [-0.25, -0.2) is 0 Å². The molecule has 2 fully saturated rings. The molecule has 1 aromatic rings. The molecule has 2 aliphatic rings. The number of hydrogen-bond acceptors (Lipinski definition) is 6. The molecule has 1 heterocycles. The van der Waals surface area contributed by atoms with E-state index < -0.39 is 11.2 Å². The largest absolute Gasteiger partial charge is 0.497 e. The Labute approximate surface area is 192 Å². The third-order valence-electron chi connectivity index (χ3n) is 6.67. The lowest BCUT2D eigenvalue weighted by Gasteiger charge is -2.43. The summed E-state index contributed by atoms with van der Waals surface area (Å²) in [6, 6.07) is 7.85. The predicted molar refractivity (Wildman–Crippen MR) is 122 cm³/mol. The van der Waals surface area contributed by atoms with Gasteiger partial charge >= 0.3 is 5.97 Å². The third-order valence-corrected chi connectivity index (χ3v) is 6.67.